The molecule has 120 valence electrons. The quantitative estimate of drug-likeness (QED) is 0.509. The Labute approximate surface area is 132 Å². The van der Waals surface area contributed by atoms with Crippen LogP contribution in [0.3, 0.4) is 0 Å². The minimum atomic E-state index is -0.616. The van der Waals surface area contributed by atoms with Crippen molar-refractivity contribution in [3.8, 4) is 23.0 Å². The minimum absolute atomic E-state index is 0.0622. The van der Waals surface area contributed by atoms with Crippen molar-refractivity contribution in [2.45, 2.75) is 6.92 Å². The normalized spacial score (nSPS) is 11.1. The number of phenols is 3. The van der Waals surface area contributed by atoms with Gasteiger partial charge in [-0.25, -0.2) is 5.43 Å². The van der Waals surface area contributed by atoms with E-state index in [-0.39, 0.29) is 39.8 Å². The molecule has 0 aliphatic heterocycles. The highest BCUT2D eigenvalue weighted by molar-refractivity contribution is 6.05. The number of ether oxygens (including phenoxy) is 1. The van der Waals surface area contributed by atoms with Gasteiger partial charge in [0.05, 0.1) is 23.9 Å². The molecule has 2 aromatic carbocycles. The molecule has 23 heavy (non-hydrogen) atoms. The summed E-state index contributed by atoms with van der Waals surface area (Å²) in [6.07, 6.45) is 0. The molecular weight excluding hydrogens is 300 g/mol. The number of methoxy groups -OCH3 is 1. The second-order valence-electron chi connectivity index (χ2n) is 4.70. The van der Waals surface area contributed by atoms with Gasteiger partial charge in [-0.2, -0.15) is 5.10 Å². The van der Waals surface area contributed by atoms with Gasteiger partial charge in [-0.05, 0) is 19.1 Å². The van der Waals surface area contributed by atoms with Crippen LogP contribution in [0.15, 0.2) is 41.5 Å². The summed E-state index contributed by atoms with van der Waals surface area (Å²) < 4.78 is 4.92. The zero-order valence-electron chi connectivity index (χ0n) is 12.6. The third-order valence-electron chi connectivity index (χ3n) is 3.14. The number of aromatic hydroxyl groups is 3. The first-order valence-corrected chi connectivity index (χ1v) is 6.67. The van der Waals surface area contributed by atoms with Crippen molar-refractivity contribution in [2.75, 3.05) is 7.11 Å². The number of para-hydroxylation sites is 1. The predicted molar refractivity (Wildman–Crippen MR) is 84.1 cm³/mol. The number of hydrazone groups is 1. The monoisotopic (exact) mass is 316 g/mol. The molecule has 4 N–H and O–H groups in total. The van der Waals surface area contributed by atoms with Gasteiger partial charge in [0.15, 0.2) is 0 Å². The zero-order valence-corrected chi connectivity index (χ0v) is 12.6. The number of nitrogens with one attached hydrogen (secondary N) is 1. The molecule has 0 saturated carbocycles. The van der Waals surface area contributed by atoms with Crippen LogP contribution in [0.5, 0.6) is 23.0 Å². The molecule has 0 atom stereocenters. The summed E-state index contributed by atoms with van der Waals surface area (Å²) in [5, 5.41) is 33.3. The first-order chi connectivity index (χ1) is 10.9. The highest BCUT2D eigenvalue weighted by Crippen LogP contribution is 2.32. The van der Waals surface area contributed by atoms with Gasteiger partial charge < -0.3 is 20.1 Å². The summed E-state index contributed by atoms with van der Waals surface area (Å²) in [5.41, 5.74) is 2.58. The van der Waals surface area contributed by atoms with Crippen molar-refractivity contribution in [1.82, 2.24) is 5.43 Å². The second kappa shape index (κ2) is 6.69. The fourth-order valence-corrected chi connectivity index (χ4v) is 1.99. The van der Waals surface area contributed by atoms with E-state index in [9.17, 15) is 20.1 Å². The van der Waals surface area contributed by atoms with Crippen LogP contribution in [0.25, 0.3) is 0 Å². The van der Waals surface area contributed by atoms with Gasteiger partial charge >= 0.3 is 0 Å². The Morgan fingerprint density at radius 3 is 2.26 bits per heavy atom. The average Bonchev–Trinajstić information content (AvgIpc) is 2.52. The van der Waals surface area contributed by atoms with Crippen LogP contribution in [-0.2, 0) is 0 Å². The van der Waals surface area contributed by atoms with E-state index >= 15 is 0 Å². The van der Waals surface area contributed by atoms with E-state index in [2.05, 4.69) is 10.5 Å². The molecule has 0 aromatic heterocycles. The van der Waals surface area contributed by atoms with E-state index in [0.29, 0.717) is 0 Å². The Kier molecular flexibility index (Phi) is 4.70. The standard InChI is InChI=1S/C16H16N2O5/c1-9(15-13(20)7-10(23-2)8-14(15)21)17-18-16(22)11-5-3-4-6-12(11)19/h3-8,19-21H,1-2H3,(H,18,22)/b17-9+. The molecule has 2 aromatic rings. The maximum Gasteiger partial charge on any atom is 0.275 e. The molecule has 0 aliphatic carbocycles. The van der Waals surface area contributed by atoms with E-state index in [1.165, 1.54) is 38.3 Å². The number of phenolic OH excluding ortho intramolecular Hbond substituents is 3. The molecule has 7 nitrogen and oxygen atoms in total. The molecule has 0 fully saturated rings. The smallest absolute Gasteiger partial charge is 0.275 e. The predicted octanol–water partition coefficient (Wildman–Crippen LogP) is 1.97. The van der Waals surface area contributed by atoms with E-state index in [1.54, 1.807) is 12.1 Å². The Bertz CT molecular complexity index is 748. The van der Waals surface area contributed by atoms with Gasteiger partial charge in [0.2, 0.25) is 0 Å². The first kappa shape index (κ1) is 16.2. The molecule has 1 amide bonds. The Balaban J connectivity index is 2.24. The molecule has 0 heterocycles. The number of carbonyl (C=O) groups is 1. The number of rotatable bonds is 4. The maximum absolute atomic E-state index is 11.9. The Morgan fingerprint density at radius 1 is 1.09 bits per heavy atom. The number of nitrogens with zero attached hydrogens (tertiary/aromatic N) is 1. The lowest BCUT2D eigenvalue weighted by molar-refractivity contribution is 0.0952. The molecule has 0 unspecified atom stereocenters. The molecule has 0 saturated heterocycles. The van der Waals surface area contributed by atoms with Crippen LogP contribution in [0, 0.1) is 0 Å². The van der Waals surface area contributed by atoms with Gasteiger partial charge in [-0.1, -0.05) is 12.1 Å². The van der Waals surface area contributed by atoms with Crippen LogP contribution in [0.1, 0.15) is 22.8 Å². The van der Waals surface area contributed by atoms with Crippen molar-refractivity contribution in [1.29, 1.82) is 0 Å². The molecule has 2 rings (SSSR count). The van der Waals surface area contributed by atoms with Gasteiger partial charge in [0.25, 0.3) is 5.91 Å². The topological polar surface area (TPSA) is 111 Å². The van der Waals surface area contributed by atoms with E-state index < -0.39 is 5.91 Å². The lowest BCUT2D eigenvalue weighted by Gasteiger charge is -2.10. The molecule has 0 aliphatic rings. The fraction of sp³-hybridized carbons (Fsp3) is 0.125. The van der Waals surface area contributed by atoms with Crippen molar-refractivity contribution < 1.29 is 24.9 Å². The SMILES string of the molecule is COc1cc(O)c(/C(C)=N/NC(=O)c2ccccc2O)c(O)c1. The molecule has 0 spiro atoms. The van der Waals surface area contributed by atoms with E-state index in [0.717, 1.165) is 0 Å². The first-order valence-electron chi connectivity index (χ1n) is 6.67. The number of hydrogen-bond acceptors (Lipinski definition) is 6. The summed E-state index contributed by atoms with van der Waals surface area (Å²) in [5.74, 6) is -0.974. The van der Waals surface area contributed by atoms with Crippen LogP contribution in [-0.4, -0.2) is 34.0 Å². The van der Waals surface area contributed by atoms with Gasteiger partial charge in [0, 0.05) is 12.1 Å². The zero-order chi connectivity index (χ0) is 17.0. The van der Waals surface area contributed by atoms with Crippen LogP contribution in [0.2, 0.25) is 0 Å². The summed E-state index contributed by atoms with van der Waals surface area (Å²) >= 11 is 0. The Morgan fingerprint density at radius 2 is 1.70 bits per heavy atom. The van der Waals surface area contributed by atoms with Crippen molar-refractivity contribution in [2.24, 2.45) is 5.10 Å². The fourth-order valence-electron chi connectivity index (χ4n) is 1.99. The summed E-state index contributed by atoms with van der Waals surface area (Å²) in [6, 6.07) is 8.66. The largest absolute Gasteiger partial charge is 0.507 e. The van der Waals surface area contributed by atoms with Crippen molar-refractivity contribution in [3.05, 3.63) is 47.5 Å². The number of benzene rings is 2. The summed E-state index contributed by atoms with van der Waals surface area (Å²) in [6.45, 7) is 1.51. The number of carbonyl (C=O) groups excluding carboxylic acids is 1. The van der Waals surface area contributed by atoms with Crippen molar-refractivity contribution in [3.63, 3.8) is 0 Å². The van der Waals surface area contributed by atoms with Gasteiger partial charge in [0.1, 0.15) is 23.0 Å². The van der Waals surface area contributed by atoms with Crippen LogP contribution >= 0.6 is 0 Å². The average molecular weight is 316 g/mol. The van der Waals surface area contributed by atoms with Crippen molar-refractivity contribution >= 4 is 11.6 Å². The lowest BCUT2D eigenvalue weighted by Crippen LogP contribution is -2.19. The summed E-state index contributed by atoms with van der Waals surface area (Å²) in [4.78, 5) is 11.9. The van der Waals surface area contributed by atoms with Gasteiger partial charge in [-0.3, -0.25) is 4.79 Å². The van der Waals surface area contributed by atoms with E-state index in [1.807, 2.05) is 0 Å². The highest BCUT2D eigenvalue weighted by atomic mass is 16.5. The van der Waals surface area contributed by atoms with E-state index in [4.69, 9.17) is 4.74 Å². The third kappa shape index (κ3) is 3.52. The second-order valence-corrected chi connectivity index (χ2v) is 4.70. The minimum Gasteiger partial charge on any atom is -0.507 e. The molecule has 0 radical (unpaired) electrons. The molecule has 0 bridgehead atoms. The van der Waals surface area contributed by atoms with Crippen LogP contribution in [0.4, 0.5) is 0 Å². The molecule has 7 heteroatoms. The third-order valence-corrected chi connectivity index (χ3v) is 3.14. The lowest BCUT2D eigenvalue weighted by atomic mass is 10.1. The highest BCUT2D eigenvalue weighted by Gasteiger charge is 2.14. The molecular formula is C16H16N2O5. The Hall–Kier alpha value is -3.22. The van der Waals surface area contributed by atoms with Gasteiger partial charge in [-0.15, -0.1) is 0 Å². The summed E-state index contributed by atoms with van der Waals surface area (Å²) in [7, 11) is 1.40. The number of hydrogen-bond donors (Lipinski definition) is 4. The maximum atomic E-state index is 11.9. The van der Waals surface area contributed by atoms with Crippen LogP contribution < -0.4 is 10.2 Å². The number of amides is 1.